The Morgan fingerprint density at radius 3 is 2.83 bits per heavy atom. The fourth-order valence-corrected chi connectivity index (χ4v) is 3.44. The summed E-state index contributed by atoms with van der Waals surface area (Å²) in [6, 6.07) is 13.0. The van der Waals surface area contributed by atoms with Crippen molar-refractivity contribution in [1.29, 1.82) is 0 Å². The largest absolute Gasteiger partial charge is 0.507 e. The summed E-state index contributed by atoms with van der Waals surface area (Å²) in [4.78, 5) is 4.47. The highest BCUT2D eigenvalue weighted by atomic mass is 16.5. The first-order chi connectivity index (χ1) is 14.1. The van der Waals surface area contributed by atoms with Gasteiger partial charge in [0.25, 0.3) is 0 Å². The smallest absolute Gasteiger partial charge is 0.458 e. The van der Waals surface area contributed by atoms with Crippen LogP contribution < -0.4 is 0 Å². The number of aromatic nitrogens is 1. The summed E-state index contributed by atoms with van der Waals surface area (Å²) >= 11 is 0. The average Bonchev–Trinajstić information content (AvgIpc) is 2.73. The lowest BCUT2D eigenvalue weighted by molar-refractivity contribution is 0.177. The van der Waals surface area contributed by atoms with Crippen molar-refractivity contribution in [2.75, 3.05) is 13.7 Å². The molecule has 5 nitrogen and oxygen atoms in total. The van der Waals surface area contributed by atoms with Gasteiger partial charge < -0.3 is 19.5 Å². The fraction of sp³-hybridized carbons (Fsp3) is 0.261. The predicted octanol–water partition coefficient (Wildman–Crippen LogP) is 4.12. The van der Waals surface area contributed by atoms with E-state index in [2.05, 4.69) is 11.6 Å². The van der Waals surface area contributed by atoms with Crippen LogP contribution in [-0.2, 0) is 9.39 Å². The number of pyridine rings is 1. The minimum absolute atomic E-state index is 0.222. The molecule has 2 heterocycles. The summed E-state index contributed by atoms with van der Waals surface area (Å²) in [6.45, 7) is 4.51. The van der Waals surface area contributed by atoms with Crippen molar-refractivity contribution < 1.29 is 19.5 Å². The lowest BCUT2D eigenvalue weighted by atomic mass is 9.78. The number of aromatic hydroxyl groups is 1. The van der Waals surface area contributed by atoms with Gasteiger partial charge in [0, 0.05) is 25.2 Å². The number of para-hydroxylation sites is 1. The molecule has 2 aromatic rings. The minimum Gasteiger partial charge on any atom is -0.507 e. The van der Waals surface area contributed by atoms with Gasteiger partial charge in [0.15, 0.2) is 0 Å². The molecule has 0 spiro atoms. The van der Waals surface area contributed by atoms with Crippen LogP contribution in [0, 0.1) is 0 Å². The molecule has 1 aromatic carbocycles. The first-order valence-electron chi connectivity index (χ1n) is 9.69. The molecule has 0 fully saturated rings. The maximum atomic E-state index is 10.2. The van der Waals surface area contributed by atoms with Gasteiger partial charge in [-0.15, -0.1) is 0 Å². The van der Waals surface area contributed by atoms with Crippen LogP contribution in [0.25, 0.3) is 11.6 Å². The summed E-state index contributed by atoms with van der Waals surface area (Å²) in [5.74, 6) is 0.222. The normalized spacial score (nSPS) is 17.2. The summed E-state index contributed by atoms with van der Waals surface area (Å²) in [5, 5.41) is 20.1. The number of rotatable bonds is 8. The quantitative estimate of drug-likeness (QED) is 0.663. The van der Waals surface area contributed by atoms with Crippen LogP contribution in [0.15, 0.2) is 72.5 Å². The van der Waals surface area contributed by atoms with Crippen LogP contribution >= 0.6 is 0 Å². The Morgan fingerprint density at radius 2 is 2.10 bits per heavy atom. The van der Waals surface area contributed by atoms with Crippen molar-refractivity contribution in [3.05, 3.63) is 83.7 Å². The molecule has 2 N–H and O–H groups in total. The van der Waals surface area contributed by atoms with Crippen LogP contribution in [0.4, 0.5) is 0 Å². The molecule has 0 aliphatic carbocycles. The van der Waals surface area contributed by atoms with Crippen LogP contribution in [0.3, 0.4) is 0 Å². The number of benzene rings is 1. The topological polar surface area (TPSA) is 71.8 Å². The third-order valence-electron chi connectivity index (χ3n) is 4.87. The number of allylic oxidation sites excluding steroid dienone is 2. The van der Waals surface area contributed by atoms with Crippen molar-refractivity contribution in [3.63, 3.8) is 0 Å². The fourth-order valence-electron chi connectivity index (χ4n) is 3.44. The SMILES string of the molecule is C=C(COC)C1=CCB(O)OC1CC/C(=C/c1ccccc1O)c1ccccn1. The molecule has 0 saturated carbocycles. The number of hydrogen-bond donors (Lipinski definition) is 2. The zero-order valence-corrected chi connectivity index (χ0v) is 16.6. The highest BCUT2D eigenvalue weighted by Gasteiger charge is 2.28. The van der Waals surface area contributed by atoms with Crippen molar-refractivity contribution in [3.8, 4) is 5.75 Å². The van der Waals surface area contributed by atoms with E-state index >= 15 is 0 Å². The van der Waals surface area contributed by atoms with Gasteiger partial charge in [0.05, 0.1) is 18.4 Å². The molecule has 0 radical (unpaired) electrons. The molecule has 1 atom stereocenters. The molecule has 3 rings (SSSR count). The molecule has 1 unspecified atom stereocenters. The second-order valence-electron chi connectivity index (χ2n) is 6.99. The zero-order chi connectivity index (χ0) is 20.6. The van der Waals surface area contributed by atoms with Gasteiger partial charge >= 0.3 is 7.12 Å². The van der Waals surface area contributed by atoms with Gasteiger partial charge in [-0.1, -0.05) is 36.9 Å². The van der Waals surface area contributed by atoms with E-state index in [1.54, 1.807) is 25.4 Å². The average molecular weight is 391 g/mol. The van der Waals surface area contributed by atoms with Crippen molar-refractivity contribution in [1.82, 2.24) is 4.98 Å². The van der Waals surface area contributed by atoms with Gasteiger partial charge in [-0.05, 0) is 53.8 Å². The first kappa shape index (κ1) is 21.1. The first-order valence-corrected chi connectivity index (χ1v) is 9.69. The van der Waals surface area contributed by atoms with E-state index in [1.807, 2.05) is 42.5 Å². The third kappa shape index (κ3) is 5.67. The number of phenolic OH excluding ortho intramolecular Hbond substituents is 1. The molecule has 6 heteroatoms. The van der Waals surface area contributed by atoms with E-state index in [-0.39, 0.29) is 11.9 Å². The second kappa shape index (κ2) is 10.2. The Hall–Kier alpha value is -2.67. The van der Waals surface area contributed by atoms with Gasteiger partial charge in [-0.3, -0.25) is 4.98 Å². The minimum atomic E-state index is -0.820. The summed E-state index contributed by atoms with van der Waals surface area (Å²) in [5.41, 5.74) is 4.38. The van der Waals surface area contributed by atoms with E-state index in [0.717, 1.165) is 28.0 Å². The summed E-state index contributed by atoms with van der Waals surface area (Å²) < 4.78 is 11.0. The molecule has 1 aromatic heterocycles. The Bertz CT molecular complexity index is 895. The zero-order valence-electron chi connectivity index (χ0n) is 16.6. The summed E-state index contributed by atoms with van der Waals surface area (Å²) in [6.07, 6.45) is 7.13. The Morgan fingerprint density at radius 1 is 1.31 bits per heavy atom. The van der Waals surface area contributed by atoms with E-state index in [4.69, 9.17) is 9.39 Å². The number of methoxy groups -OCH3 is 1. The molecule has 0 amide bonds. The monoisotopic (exact) mass is 391 g/mol. The van der Waals surface area contributed by atoms with Crippen LogP contribution in [-0.4, -0.2) is 42.1 Å². The van der Waals surface area contributed by atoms with Gasteiger partial charge in [0.2, 0.25) is 0 Å². The predicted molar refractivity (Wildman–Crippen MR) is 116 cm³/mol. The molecule has 1 aliphatic heterocycles. The number of phenols is 1. The van der Waals surface area contributed by atoms with E-state index in [9.17, 15) is 10.1 Å². The van der Waals surface area contributed by atoms with Crippen LogP contribution in [0.1, 0.15) is 24.1 Å². The van der Waals surface area contributed by atoms with Crippen LogP contribution in [0.2, 0.25) is 6.32 Å². The lowest BCUT2D eigenvalue weighted by Gasteiger charge is -2.28. The molecule has 0 saturated heterocycles. The Labute approximate surface area is 172 Å². The van der Waals surface area contributed by atoms with E-state index < -0.39 is 7.12 Å². The molecule has 29 heavy (non-hydrogen) atoms. The maximum Gasteiger partial charge on any atom is 0.458 e. The van der Waals surface area contributed by atoms with Gasteiger partial charge in [-0.25, -0.2) is 0 Å². The molecular weight excluding hydrogens is 365 g/mol. The molecule has 150 valence electrons. The number of hydrogen-bond acceptors (Lipinski definition) is 5. The number of nitrogens with zero attached hydrogens (tertiary/aromatic N) is 1. The van der Waals surface area contributed by atoms with E-state index in [0.29, 0.717) is 25.8 Å². The lowest BCUT2D eigenvalue weighted by Crippen LogP contribution is -2.32. The van der Waals surface area contributed by atoms with Crippen LogP contribution in [0.5, 0.6) is 5.75 Å². The van der Waals surface area contributed by atoms with E-state index in [1.165, 1.54) is 0 Å². The van der Waals surface area contributed by atoms with Gasteiger partial charge in [0.1, 0.15) is 5.75 Å². The maximum absolute atomic E-state index is 10.2. The highest BCUT2D eigenvalue weighted by molar-refractivity contribution is 6.43. The molecule has 1 aliphatic rings. The number of ether oxygens (including phenoxy) is 1. The second-order valence-corrected chi connectivity index (χ2v) is 6.99. The molecular formula is C23H26BNO4. The highest BCUT2D eigenvalue weighted by Crippen LogP contribution is 2.31. The standard InChI is InChI=1S/C23H26BNO4/c1-17(16-28-2)20-12-13-24(27)29-23(20)11-10-18(21-8-5-6-14-25-21)15-19-7-3-4-9-22(19)26/h3-9,12,14-15,23,26-27H,1,10-11,13,16H2,2H3/b18-15-. The Kier molecular flexibility index (Phi) is 7.41. The van der Waals surface area contributed by atoms with Gasteiger partial charge in [-0.2, -0.15) is 0 Å². The van der Waals surface area contributed by atoms with Crippen molar-refractivity contribution in [2.45, 2.75) is 25.3 Å². The summed E-state index contributed by atoms with van der Waals surface area (Å²) in [7, 11) is 0.813. The Balaban J connectivity index is 1.84. The van der Waals surface area contributed by atoms with Crippen molar-refractivity contribution in [2.24, 2.45) is 0 Å². The molecule has 0 bridgehead atoms. The van der Waals surface area contributed by atoms with Crippen molar-refractivity contribution >= 4 is 18.8 Å². The third-order valence-corrected chi connectivity index (χ3v) is 4.87.